The molecule has 2 aromatic carbocycles. The van der Waals surface area contributed by atoms with Gasteiger partial charge in [-0.2, -0.15) is 0 Å². The van der Waals surface area contributed by atoms with Gasteiger partial charge in [0.25, 0.3) is 0 Å². The van der Waals surface area contributed by atoms with E-state index in [4.69, 9.17) is 4.74 Å². The Balaban J connectivity index is 1.84. The number of benzene rings is 2. The van der Waals surface area contributed by atoms with Crippen LogP contribution < -0.4 is 4.74 Å². The highest BCUT2D eigenvalue weighted by Crippen LogP contribution is 2.36. The molecule has 0 amide bonds. The van der Waals surface area contributed by atoms with Crippen molar-refractivity contribution in [3.63, 3.8) is 0 Å². The molecule has 0 N–H and O–H groups in total. The molecule has 2 nitrogen and oxygen atoms in total. The van der Waals surface area contributed by atoms with Gasteiger partial charge in [0, 0.05) is 5.56 Å². The molecule has 0 aromatic heterocycles. The van der Waals surface area contributed by atoms with Crippen LogP contribution >= 0.6 is 0 Å². The van der Waals surface area contributed by atoms with Crippen molar-refractivity contribution in [2.75, 3.05) is 27.2 Å². The predicted molar refractivity (Wildman–Crippen MR) is 127 cm³/mol. The third-order valence-electron chi connectivity index (χ3n) is 5.67. The van der Waals surface area contributed by atoms with Crippen molar-refractivity contribution >= 4 is 0 Å². The quantitative estimate of drug-likeness (QED) is 0.315. The van der Waals surface area contributed by atoms with Gasteiger partial charge >= 0.3 is 0 Å². The zero-order chi connectivity index (χ0) is 20.9. The average molecular weight is 396 g/mol. The van der Waals surface area contributed by atoms with E-state index in [0.717, 1.165) is 31.6 Å². The van der Waals surface area contributed by atoms with Crippen LogP contribution in [-0.4, -0.2) is 32.1 Å². The minimum atomic E-state index is 0.815. The van der Waals surface area contributed by atoms with Crippen molar-refractivity contribution in [3.8, 4) is 16.9 Å². The zero-order valence-electron chi connectivity index (χ0n) is 19.2. The van der Waals surface area contributed by atoms with Gasteiger partial charge in [-0.3, -0.25) is 0 Å². The van der Waals surface area contributed by atoms with Crippen LogP contribution in [0.2, 0.25) is 0 Å². The van der Waals surface area contributed by atoms with Gasteiger partial charge < -0.3 is 9.64 Å². The Hall–Kier alpha value is -1.80. The molecule has 0 aliphatic carbocycles. The first-order valence-electron chi connectivity index (χ1n) is 11.6. The Morgan fingerprint density at radius 1 is 0.690 bits per heavy atom. The van der Waals surface area contributed by atoms with Gasteiger partial charge in [0.2, 0.25) is 0 Å². The maximum atomic E-state index is 6.30. The van der Waals surface area contributed by atoms with E-state index < -0.39 is 0 Å². The minimum absolute atomic E-state index is 0.815. The molecule has 0 bridgehead atoms. The van der Waals surface area contributed by atoms with Crippen LogP contribution in [0, 0.1) is 0 Å². The topological polar surface area (TPSA) is 12.5 Å². The van der Waals surface area contributed by atoms with Crippen molar-refractivity contribution in [2.24, 2.45) is 0 Å². The molecular weight excluding hydrogens is 354 g/mol. The number of ether oxygens (including phenoxy) is 1. The largest absolute Gasteiger partial charge is 0.493 e. The lowest BCUT2D eigenvalue weighted by Crippen LogP contribution is -2.12. The smallest absolute Gasteiger partial charge is 0.127 e. The second kappa shape index (κ2) is 13.4. The van der Waals surface area contributed by atoms with Crippen LogP contribution in [0.5, 0.6) is 5.75 Å². The summed E-state index contributed by atoms with van der Waals surface area (Å²) in [5.74, 6) is 1.05. The third-order valence-corrected chi connectivity index (χ3v) is 5.67. The fraction of sp³-hybridized carbons (Fsp3) is 0.556. The van der Waals surface area contributed by atoms with Crippen LogP contribution in [-0.2, 0) is 12.8 Å². The maximum absolute atomic E-state index is 6.30. The molecule has 2 aromatic rings. The molecule has 0 fully saturated rings. The molecular formula is C27H41NO. The normalized spacial score (nSPS) is 11.2. The van der Waals surface area contributed by atoms with Crippen LogP contribution in [0.25, 0.3) is 11.1 Å². The fourth-order valence-electron chi connectivity index (χ4n) is 3.97. The summed E-state index contributed by atoms with van der Waals surface area (Å²) in [6.07, 6.45) is 11.2. The summed E-state index contributed by atoms with van der Waals surface area (Å²) in [5, 5.41) is 0. The summed E-state index contributed by atoms with van der Waals surface area (Å²) in [6.45, 7) is 6.49. The monoisotopic (exact) mass is 395 g/mol. The summed E-state index contributed by atoms with van der Waals surface area (Å²) in [5.41, 5.74) is 5.40. The average Bonchev–Trinajstić information content (AvgIpc) is 2.74. The van der Waals surface area contributed by atoms with E-state index in [1.54, 1.807) is 0 Å². The van der Waals surface area contributed by atoms with Crippen molar-refractivity contribution in [1.29, 1.82) is 0 Å². The van der Waals surface area contributed by atoms with Gasteiger partial charge in [-0.1, -0.05) is 82.3 Å². The second-order valence-electron chi connectivity index (χ2n) is 8.28. The molecule has 0 saturated heterocycles. The molecule has 0 radical (unpaired) electrons. The van der Waals surface area contributed by atoms with Crippen LogP contribution in [0.1, 0.15) is 69.9 Å². The van der Waals surface area contributed by atoms with E-state index in [1.165, 1.54) is 67.3 Å². The first-order valence-corrected chi connectivity index (χ1v) is 11.6. The number of unbranched alkanes of at least 4 members (excludes halogenated alkanes) is 6. The summed E-state index contributed by atoms with van der Waals surface area (Å²) in [6, 6.07) is 15.3. The van der Waals surface area contributed by atoms with Gasteiger partial charge in [0.15, 0.2) is 0 Å². The lowest BCUT2D eigenvalue weighted by Gasteiger charge is -2.17. The van der Waals surface area contributed by atoms with E-state index >= 15 is 0 Å². The van der Waals surface area contributed by atoms with Crippen molar-refractivity contribution in [1.82, 2.24) is 4.90 Å². The third kappa shape index (κ3) is 7.85. The highest BCUT2D eigenvalue weighted by Gasteiger charge is 2.13. The highest BCUT2D eigenvalue weighted by atomic mass is 16.5. The first-order chi connectivity index (χ1) is 14.2. The number of aryl methyl sites for hydroxylation is 2. The van der Waals surface area contributed by atoms with E-state index in [9.17, 15) is 0 Å². The molecule has 0 saturated carbocycles. The molecule has 0 aliphatic heterocycles. The number of hydrogen-bond acceptors (Lipinski definition) is 2. The molecule has 160 valence electrons. The summed E-state index contributed by atoms with van der Waals surface area (Å²) >= 11 is 0. The van der Waals surface area contributed by atoms with E-state index in [1.807, 2.05) is 0 Å². The number of hydrogen-bond donors (Lipinski definition) is 0. The molecule has 29 heavy (non-hydrogen) atoms. The summed E-state index contributed by atoms with van der Waals surface area (Å²) < 4.78 is 6.30. The minimum Gasteiger partial charge on any atom is -0.493 e. The lowest BCUT2D eigenvalue weighted by atomic mass is 9.92. The molecule has 0 aliphatic rings. The lowest BCUT2D eigenvalue weighted by molar-refractivity contribution is 0.305. The Labute approximate surface area is 179 Å². The maximum Gasteiger partial charge on any atom is 0.127 e. The van der Waals surface area contributed by atoms with Crippen molar-refractivity contribution < 1.29 is 4.74 Å². The molecule has 0 spiro atoms. The summed E-state index contributed by atoms with van der Waals surface area (Å²) in [7, 11) is 4.31. The fourth-order valence-corrected chi connectivity index (χ4v) is 3.97. The Morgan fingerprint density at radius 3 is 2.00 bits per heavy atom. The van der Waals surface area contributed by atoms with Crippen LogP contribution in [0.15, 0.2) is 42.5 Å². The molecule has 2 heteroatoms. The number of nitrogens with zero attached hydrogens (tertiary/aromatic N) is 1. The van der Waals surface area contributed by atoms with E-state index in [2.05, 4.69) is 75.3 Å². The van der Waals surface area contributed by atoms with E-state index in [-0.39, 0.29) is 0 Å². The molecule has 0 atom stereocenters. The Morgan fingerprint density at radius 2 is 1.31 bits per heavy atom. The van der Waals surface area contributed by atoms with Gasteiger partial charge in [0.1, 0.15) is 5.75 Å². The molecule has 0 unspecified atom stereocenters. The number of rotatable bonds is 14. The van der Waals surface area contributed by atoms with Crippen molar-refractivity contribution in [3.05, 3.63) is 53.6 Å². The van der Waals surface area contributed by atoms with Gasteiger partial charge in [-0.05, 0) is 69.1 Å². The Bertz CT molecular complexity index is 707. The van der Waals surface area contributed by atoms with Crippen LogP contribution in [0.3, 0.4) is 0 Å². The summed E-state index contributed by atoms with van der Waals surface area (Å²) in [4.78, 5) is 2.28. The SMILES string of the molecule is CCc1ccccc1-c1c(CC)cccc1OCCCCCCCCCN(C)C. The highest BCUT2D eigenvalue weighted by molar-refractivity contribution is 5.76. The Kier molecular flexibility index (Phi) is 10.9. The van der Waals surface area contributed by atoms with Crippen LogP contribution in [0.4, 0.5) is 0 Å². The van der Waals surface area contributed by atoms with Gasteiger partial charge in [-0.25, -0.2) is 0 Å². The van der Waals surface area contributed by atoms with Gasteiger partial charge in [0.05, 0.1) is 6.61 Å². The van der Waals surface area contributed by atoms with E-state index in [0.29, 0.717) is 0 Å². The van der Waals surface area contributed by atoms with Crippen molar-refractivity contribution in [2.45, 2.75) is 71.6 Å². The molecule has 2 rings (SSSR count). The standard InChI is InChI=1S/C27H41NO/c1-5-23-17-12-13-19-25(23)27-24(6-2)18-16-20-26(27)29-22-15-11-9-7-8-10-14-21-28(3)4/h12-13,16-20H,5-11,14-15,21-22H2,1-4H3. The predicted octanol–water partition coefficient (Wildman–Crippen LogP) is 7.15. The molecule has 0 heterocycles. The first kappa shape index (κ1) is 23.5. The van der Waals surface area contributed by atoms with Gasteiger partial charge in [-0.15, -0.1) is 0 Å². The second-order valence-corrected chi connectivity index (χ2v) is 8.28. The zero-order valence-corrected chi connectivity index (χ0v) is 19.2.